The highest BCUT2D eigenvalue weighted by atomic mass is 19.2. The molecule has 0 bridgehead atoms. The Bertz CT molecular complexity index is 743. The Morgan fingerprint density at radius 1 is 1.05 bits per heavy atom. The third-order valence-electron chi connectivity index (χ3n) is 2.56. The van der Waals surface area contributed by atoms with Gasteiger partial charge in [-0.3, -0.25) is 0 Å². The summed E-state index contributed by atoms with van der Waals surface area (Å²) < 4.78 is 41.2. The van der Waals surface area contributed by atoms with Crippen LogP contribution in [0.5, 0.6) is 0 Å². The maximum Gasteiger partial charge on any atom is 0.261 e. The lowest BCUT2D eigenvalue weighted by Crippen LogP contribution is -2.03. The average Bonchev–Trinajstić information content (AvgIpc) is 2.46. The molecule has 0 aliphatic rings. The van der Waals surface area contributed by atoms with Crippen LogP contribution in [0.15, 0.2) is 30.3 Å². The first kappa shape index (κ1) is 13.4. The van der Waals surface area contributed by atoms with Gasteiger partial charge in [0.25, 0.3) is 5.69 Å². The predicted molar refractivity (Wildman–Crippen MR) is 67.0 cm³/mol. The minimum Gasteiger partial charge on any atom is -0.352 e. The van der Waals surface area contributed by atoms with Gasteiger partial charge in [-0.05, 0) is 12.1 Å². The molecule has 1 N–H and O–H groups in total. The summed E-state index contributed by atoms with van der Waals surface area (Å²) >= 11 is 0. The number of halogens is 3. The fourth-order valence-corrected chi connectivity index (χ4v) is 1.63. The Kier molecular flexibility index (Phi) is 3.58. The van der Waals surface area contributed by atoms with Gasteiger partial charge in [-0.1, -0.05) is 18.2 Å². The molecule has 0 spiro atoms. The lowest BCUT2D eigenvalue weighted by molar-refractivity contribution is 0.504. The Hall–Kier alpha value is -2.99. The Morgan fingerprint density at radius 3 is 2.25 bits per heavy atom. The minimum atomic E-state index is -1.62. The van der Waals surface area contributed by atoms with Crippen LogP contribution < -0.4 is 5.32 Å². The van der Waals surface area contributed by atoms with Crippen LogP contribution in [0.1, 0.15) is 5.56 Å². The number of nitrogens with one attached hydrogen (secondary N) is 1. The van der Waals surface area contributed by atoms with E-state index < -0.39 is 34.4 Å². The monoisotopic (exact) mass is 273 g/mol. The minimum absolute atomic E-state index is 0.359. The molecule has 3 nitrogen and oxygen atoms in total. The summed E-state index contributed by atoms with van der Waals surface area (Å²) in [6, 6.07) is 9.49. The van der Waals surface area contributed by atoms with Crippen molar-refractivity contribution in [3.63, 3.8) is 0 Å². The van der Waals surface area contributed by atoms with Gasteiger partial charge in [-0.2, -0.15) is 5.26 Å². The maximum atomic E-state index is 13.9. The fourth-order valence-electron chi connectivity index (χ4n) is 1.63. The second kappa shape index (κ2) is 5.33. The van der Waals surface area contributed by atoms with Gasteiger partial charge in [0.15, 0.2) is 17.5 Å². The van der Waals surface area contributed by atoms with E-state index in [4.69, 9.17) is 11.8 Å². The third-order valence-corrected chi connectivity index (χ3v) is 2.56. The largest absolute Gasteiger partial charge is 0.352 e. The molecule has 98 valence electrons. The van der Waals surface area contributed by atoms with Gasteiger partial charge in [0, 0.05) is 5.69 Å². The molecule has 0 saturated carbocycles. The van der Waals surface area contributed by atoms with E-state index in [9.17, 15) is 13.2 Å². The molecule has 0 aliphatic heterocycles. The summed E-state index contributed by atoms with van der Waals surface area (Å²) in [5.41, 5.74) is -2.13. The Labute approximate surface area is 112 Å². The van der Waals surface area contributed by atoms with Crippen molar-refractivity contribution in [3.05, 3.63) is 64.8 Å². The molecule has 0 unspecified atom stereocenters. The zero-order valence-corrected chi connectivity index (χ0v) is 9.92. The molecule has 0 fully saturated rings. The highest BCUT2D eigenvalue weighted by Gasteiger charge is 2.25. The van der Waals surface area contributed by atoms with Gasteiger partial charge in [-0.15, -0.1) is 0 Å². The lowest BCUT2D eigenvalue weighted by Gasteiger charge is -2.12. The van der Waals surface area contributed by atoms with Crippen molar-refractivity contribution < 1.29 is 13.2 Å². The molecule has 0 heterocycles. The Balaban J connectivity index is 2.65. The summed E-state index contributed by atoms with van der Waals surface area (Å²) in [5, 5.41) is 11.3. The number of hydrogen-bond acceptors (Lipinski definition) is 2. The molecule has 0 atom stereocenters. The molecule has 0 radical (unpaired) electrons. The van der Waals surface area contributed by atoms with Crippen molar-refractivity contribution in [1.29, 1.82) is 5.26 Å². The van der Waals surface area contributed by atoms with Crippen LogP contribution in [-0.4, -0.2) is 0 Å². The van der Waals surface area contributed by atoms with E-state index in [1.165, 1.54) is 6.07 Å². The summed E-state index contributed by atoms with van der Waals surface area (Å²) in [6.45, 7) is 6.63. The van der Waals surface area contributed by atoms with Gasteiger partial charge in [-0.25, -0.2) is 18.0 Å². The molecule has 0 saturated heterocycles. The molecule has 2 aromatic carbocycles. The van der Waals surface area contributed by atoms with Gasteiger partial charge in [0.2, 0.25) is 0 Å². The topological polar surface area (TPSA) is 40.2 Å². The van der Waals surface area contributed by atoms with E-state index in [1.54, 1.807) is 30.3 Å². The van der Waals surface area contributed by atoms with E-state index in [2.05, 4.69) is 10.2 Å². The van der Waals surface area contributed by atoms with Gasteiger partial charge in [0.05, 0.1) is 12.3 Å². The van der Waals surface area contributed by atoms with Crippen LogP contribution in [0.25, 0.3) is 4.85 Å². The van der Waals surface area contributed by atoms with E-state index in [0.717, 1.165) is 0 Å². The Morgan fingerprint density at radius 2 is 1.70 bits per heavy atom. The van der Waals surface area contributed by atoms with Crippen molar-refractivity contribution in [2.24, 2.45) is 0 Å². The van der Waals surface area contributed by atoms with Crippen LogP contribution in [0.3, 0.4) is 0 Å². The number of anilines is 2. The first-order valence-electron chi connectivity index (χ1n) is 5.40. The normalized spacial score (nSPS) is 9.65. The summed E-state index contributed by atoms with van der Waals surface area (Å²) in [5.74, 6) is -4.45. The molecule has 2 rings (SSSR count). The number of rotatable bonds is 2. The van der Waals surface area contributed by atoms with E-state index in [1.807, 2.05) is 0 Å². The SMILES string of the molecule is [C-]#[N+]c1c(F)c(F)c(Nc2ccccc2)c(C#N)c1F. The lowest BCUT2D eigenvalue weighted by atomic mass is 10.1. The van der Waals surface area contributed by atoms with Crippen molar-refractivity contribution in [1.82, 2.24) is 0 Å². The van der Waals surface area contributed by atoms with Gasteiger partial charge >= 0.3 is 0 Å². The van der Waals surface area contributed by atoms with Crippen molar-refractivity contribution >= 4 is 17.1 Å². The highest BCUT2D eigenvalue weighted by molar-refractivity contribution is 5.72. The molecule has 0 amide bonds. The summed E-state index contributed by atoms with van der Waals surface area (Å²) in [4.78, 5) is 2.57. The van der Waals surface area contributed by atoms with Crippen LogP contribution in [-0.2, 0) is 0 Å². The van der Waals surface area contributed by atoms with Crippen LogP contribution in [0.2, 0.25) is 0 Å². The van der Waals surface area contributed by atoms with Crippen LogP contribution in [0.4, 0.5) is 30.2 Å². The zero-order chi connectivity index (χ0) is 14.7. The van der Waals surface area contributed by atoms with E-state index in [-0.39, 0.29) is 0 Å². The molecule has 0 aromatic heterocycles. The molecule has 20 heavy (non-hydrogen) atoms. The number of hydrogen-bond donors (Lipinski definition) is 1. The second-order valence-electron chi connectivity index (χ2n) is 3.76. The second-order valence-corrected chi connectivity index (χ2v) is 3.76. The van der Waals surface area contributed by atoms with Crippen molar-refractivity contribution in [2.45, 2.75) is 0 Å². The average molecular weight is 273 g/mol. The molecule has 0 aliphatic carbocycles. The standard InChI is InChI=1S/C14H6F3N3/c1-19-14-10(15)9(7-18)13(11(16)12(14)17)20-8-5-3-2-4-6-8/h2-6,20H. The quantitative estimate of drug-likeness (QED) is 0.655. The van der Waals surface area contributed by atoms with E-state index in [0.29, 0.717) is 5.69 Å². The number of nitriles is 1. The van der Waals surface area contributed by atoms with Crippen LogP contribution >= 0.6 is 0 Å². The highest BCUT2D eigenvalue weighted by Crippen LogP contribution is 2.35. The van der Waals surface area contributed by atoms with Crippen molar-refractivity contribution in [2.75, 3.05) is 5.32 Å². The first-order valence-corrected chi connectivity index (χ1v) is 5.40. The molecular formula is C14H6F3N3. The number of benzene rings is 2. The fraction of sp³-hybridized carbons (Fsp3) is 0. The molecular weight excluding hydrogens is 267 g/mol. The van der Waals surface area contributed by atoms with E-state index >= 15 is 0 Å². The predicted octanol–water partition coefficient (Wildman–Crippen LogP) is 4.27. The molecule has 6 heteroatoms. The van der Waals surface area contributed by atoms with Crippen molar-refractivity contribution in [3.8, 4) is 6.07 Å². The summed E-state index contributed by atoms with van der Waals surface area (Å²) in [6.07, 6.45) is 0. The third kappa shape index (κ3) is 2.15. The number of nitrogens with zero attached hydrogens (tertiary/aromatic N) is 2. The van der Waals surface area contributed by atoms with Crippen LogP contribution in [0, 0.1) is 35.4 Å². The maximum absolute atomic E-state index is 13.9. The number of para-hydroxylation sites is 1. The van der Waals surface area contributed by atoms with Gasteiger partial charge in [0.1, 0.15) is 11.6 Å². The first-order chi connectivity index (χ1) is 9.60. The van der Waals surface area contributed by atoms with Gasteiger partial charge < -0.3 is 5.32 Å². The molecule has 2 aromatic rings. The summed E-state index contributed by atoms with van der Waals surface area (Å²) in [7, 11) is 0. The smallest absolute Gasteiger partial charge is 0.261 e. The zero-order valence-electron chi connectivity index (χ0n) is 9.92.